The molecule has 0 saturated carbocycles. The number of hydrogen-bond donors (Lipinski definition) is 0. The number of ether oxygens (including phenoxy) is 1. The molecule has 0 spiro atoms. The molecule has 0 aromatic heterocycles. The summed E-state index contributed by atoms with van der Waals surface area (Å²) in [5.41, 5.74) is -0.222. The zero-order valence-electron chi connectivity index (χ0n) is 11.4. The van der Waals surface area contributed by atoms with Crippen molar-refractivity contribution in [2.24, 2.45) is 0 Å². The molecule has 6 heteroatoms. The molecule has 1 aromatic rings. The fourth-order valence-corrected chi connectivity index (χ4v) is 3.26. The summed E-state index contributed by atoms with van der Waals surface area (Å²) < 4.78 is 34.0. The van der Waals surface area contributed by atoms with E-state index in [2.05, 4.69) is 31.9 Å². The average Bonchev–Trinajstić information content (AvgIpc) is 2.37. The first kappa shape index (κ1) is 16.3. The Morgan fingerprint density at radius 2 is 2.10 bits per heavy atom. The molecule has 1 fully saturated rings. The molecular weight excluding hydrogens is 396 g/mol. The lowest BCUT2D eigenvalue weighted by molar-refractivity contribution is -0.128. The third-order valence-corrected chi connectivity index (χ3v) is 4.58. The summed E-state index contributed by atoms with van der Waals surface area (Å²) in [4.78, 5) is 2.03. The molecule has 1 unspecified atom stereocenters. The highest BCUT2D eigenvalue weighted by molar-refractivity contribution is 9.10. The number of alkyl halides is 1. The number of halogens is 4. The monoisotopic (exact) mass is 411 g/mol. The van der Waals surface area contributed by atoms with Gasteiger partial charge in [0.1, 0.15) is 11.6 Å². The third-order valence-electron chi connectivity index (χ3n) is 3.24. The van der Waals surface area contributed by atoms with Crippen LogP contribution in [0.1, 0.15) is 19.4 Å². The van der Waals surface area contributed by atoms with Crippen LogP contribution in [-0.2, 0) is 11.3 Å². The fourth-order valence-electron chi connectivity index (χ4n) is 2.56. The maximum atomic E-state index is 14.0. The first-order valence-corrected chi connectivity index (χ1v) is 8.32. The molecule has 20 heavy (non-hydrogen) atoms. The van der Waals surface area contributed by atoms with Gasteiger partial charge in [-0.15, -0.1) is 0 Å². The van der Waals surface area contributed by atoms with Crippen LogP contribution in [0.25, 0.3) is 0 Å². The van der Waals surface area contributed by atoms with E-state index in [0.29, 0.717) is 22.9 Å². The van der Waals surface area contributed by atoms with Crippen LogP contribution in [0.3, 0.4) is 0 Å². The van der Waals surface area contributed by atoms with Gasteiger partial charge in [0, 0.05) is 30.5 Å². The summed E-state index contributed by atoms with van der Waals surface area (Å²) >= 11 is 6.51. The summed E-state index contributed by atoms with van der Waals surface area (Å²) in [5.74, 6) is -1.03. The highest BCUT2D eigenvalue weighted by Crippen LogP contribution is 2.27. The first-order chi connectivity index (χ1) is 9.32. The maximum Gasteiger partial charge on any atom is 0.144 e. The van der Waals surface area contributed by atoms with Crippen LogP contribution in [0.15, 0.2) is 16.6 Å². The standard InChI is InChI=1S/C14H17Br2F2NO/c1-14(2)8-19(6-9(5-15)20-14)7-10-12(17)4-3-11(16)13(10)18/h3-4,9H,5-8H2,1-2H3. The number of benzene rings is 1. The molecule has 0 aliphatic carbocycles. The summed E-state index contributed by atoms with van der Waals surface area (Å²) in [6.07, 6.45) is 0.0250. The highest BCUT2D eigenvalue weighted by Gasteiger charge is 2.33. The van der Waals surface area contributed by atoms with Crippen LogP contribution in [0, 0.1) is 11.6 Å². The predicted molar refractivity (Wildman–Crippen MR) is 82.1 cm³/mol. The van der Waals surface area contributed by atoms with Gasteiger partial charge < -0.3 is 4.74 Å². The summed E-state index contributed by atoms with van der Waals surface area (Å²) in [6.45, 7) is 5.51. The zero-order chi connectivity index (χ0) is 14.9. The van der Waals surface area contributed by atoms with Gasteiger partial charge in [-0.05, 0) is 41.9 Å². The second-order valence-corrected chi connectivity index (χ2v) is 7.15. The Balaban J connectivity index is 2.19. The van der Waals surface area contributed by atoms with E-state index in [0.717, 1.165) is 0 Å². The normalized spacial score (nSPS) is 23.0. The Morgan fingerprint density at radius 3 is 2.75 bits per heavy atom. The van der Waals surface area contributed by atoms with Gasteiger partial charge in [0.2, 0.25) is 0 Å². The quantitative estimate of drug-likeness (QED) is 0.547. The lowest BCUT2D eigenvalue weighted by atomic mass is 10.0. The van der Waals surface area contributed by atoms with Crippen LogP contribution in [0.2, 0.25) is 0 Å². The molecule has 1 atom stereocenters. The Labute approximate surface area is 134 Å². The SMILES string of the molecule is CC1(C)CN(Cc2c(F)ccc(Br)c2F)CC(CBr)O1. The minimum atomic E-state index is -0.523. The van der Waals surface area contributed by atoms with Gasteiger partial charge in [-0.2, -0.15) is 0 Å². The molecule has 0 amide bonds. The molecule has 0 N–H and O–H groups in total. The van der Waals surface area contributed by atoms with Gasteiger partial charge in [0.05, 0.1) is 16.2 Å². The van der Waals surface area contributed by atoms with Gasteiger partial charge in [0.25, 0.3) is 0 Å². The second kappa shape index (κ2) is 6.38. The summed E-state index contributed by atoms with van der Waals surface area (Å²) in [7, 11) is 0. The molecule has 0 radical (unpaired) electrons. The largest absolute Gasteiger partial charge is 0.369 e. The molecule has 1 saturated heterocycles. The van der Waals surface area contributed by atoms with Crippen molar-refractivity contribution in [1.29, 1.82) is 0 Å². The minimum Gasteiger partial charge on any atom is -0.369 e. The third kappa shape index (κ3) is 3.78. The number of hydrogen-bond acceptors (Lipinski definition) is 2. The van der Waals surface area contributed by atoms with Crippen molar-refractivity contribution in [3.63, 3.8) is 0 Å². The van der Waals surface area contributed by atoms with Crippen molar-refractivity contribution in [1.82, 2.24) is 4.90 Å². The number of rotatable bonds is 3. The van der Waals surface area contributed by atoms with Gasteiger partial charge in [-0.25, -0.2) is 8.78 Å². The van der Waals surface area contributed by atoms with E-state index in [-0.39, 0.29) is 23.8 Å². The molecule has 1 heterocycles. The van der Waals surface area contributed by atoms with Crippen LogP contribution in [-0.4, -0.2) is 35.0 Å². The molecular formula is C14H17Br2F2NO. The molecule has 1 aromatic carbocycles. The van der Waals surface area contributed by atoms with E-state index in [9.17, 15) is 8.78 Å². The van der Waals surface area contributed by atoms with Crippen molar-refractivity contribution >= 4 is 31.9 Å². The lowest BCUT2D eigenvalue weighted by Gasteiger charge is -2.42. The van der Waals surface area contributed by atoms with E-state index in [1.165, 1.54) is 12.1 Å². The van der Waals surface area contributed by atoms with Crippen molar-refractivity contribution in [3.8, 4) is 0 Å². The Bertz CT molecular complexity index is 496. The second-order valence-electron chi connectivity index (χ2n) is 5.65. The fraction of sp³-hybridized carbons (Fsp3) is 0.571. The van der Waals surface area contributed by atoms with E-state index < -0.39 is 11.6 Å². The molecule has 1 aliphatic rings. The predicted octanol–water partition coefficient (Wildman–Crippen LogP) is 4.10. The van der Waals surface area contributed by atoms with Crippen molar-refractivity contribution in [3.05, 3.63) is 33.8 Å². The van der Waals surface area contributed by atoms with E-state index in [4.69, 9.17) is 4.74 Å². The number of morpholine rings is 1. The van der Waals surface area contributed by atoms with Crippen LogP contribution < -0.4 is 0 Å². The smallest absolute Gasteiger partial charge is 0.144 e. The summed E-state index contributed by atoms with van der Waals surface area (Å²) in [6, 6.07) is 2.68. The first-order valence-electron chi connectivity index (χ1n) is 6.41. The van der Waals surface area contributed by atoms with Gasteiger partial charge in [-0.3, -0.25) is 4.90 Å². The van der Waals surface area contributed by atoms with Gasteiger partial charge >= 0.3 is 0 Å². The molecule has 112 valence electrons. The van der Waals surface area contributed by atoms with E-state index >= 15 is 0 Å². The zero-order valence-corrected chi connectivity index (χ0v) is 14.6. The molecule has 0 bridgehead atoms. The Morgan fingerprint density at radius 1 is 1.40 bits per heavy atom. The maximum absolute atomic E-state index is 14.0. The summed E-state index contributed by atoms with van der Waals surface area (Å²) in [5, 5.41) is 0.705. The Hall–Kier alpha value is -0.0400. The van der Waals surface area contributed by atoms with Crippen molar-refractivity contribution < 1.29 is 13.5 Å². The van der Waals surface area contributed by atoms with Crippen molar-refractivity contribution in [2.75, 3.05) is 18.4 Å². The highest BCUT2D eigenvalue weighted by atomic mass is 79.9. The van der Waals surface area contributed by atoms with Crippen LogP contribution >= 0.6 is 31.9 Å². The van der Waals surface area contributed by atoms with Crippen molar-refractivity contribution in [2.45, 2.75) is 32.1 Å². The topological polar surface area (TPSA) is 12.5 Å². The molecule has 2 rings (SSSR count). The lowest BCUT2D eigenvalue weighted by Crippen LogP contribution is -2.52. The van der Waals surface area contributed by atoms with E-state index in [1.807, 2.05) is 18.7 Å². The van der Waals surface area contributed by atoms with E-state index in [1.54, 1.807) is 0 Å². The molecule has 2 nitrogen and oxygen atoms in total. The van der Waals surface area contributed by atoms with Gasteiger partial charge in [-0.1, -0.05) is 15.9 Å². The minimum absolute atomic E-state index is 0.0250. The van der Waals surface area contributed by atoms with Crippen LogP contribution in [0.4, 0.5) is 8.78 Å². The molecule has 1 aliphatic heterocycles. The van der Waals surface area contributed by atoms with Crippen LogP contribution in [0.5, 0.6) is 0 Å². The Kier molecular flexibility index (Phi) is 5.21. The number of nitrogens with zero attached hydrogens (tertiary/aromatic N) is 1. The van der Waals surface area contributed by atoms with Gasteiger partial charge in [0.15, 0.2) is 0 Å². The average molecular weight is 413 g/mol.